The van der Waals surface area contributed by atoms with Gasteiger partial charge in [-0.15, -0.1) is 0 Å². The van der Waals surface area contributed by atoms with Crippen LogP contribution in [-0.2, 0) is 22.8 Å². The van der Waals surface area contributed by atoms with Crippen LogP contribution >= 0.6 is 10.7 Å². The number of hydrogen-bond acceptors (Lipinski definition) is 3. The normalized spacial score (nSPS) is 12.3. The predicted octanol–water partition coefficient (Wildman–Crippen LogP) is 0.335. The highest BCUT2D eigenvalue weighted by atomic mass is 35.7. The summed E-state index contributed by atoms with van der Waals surface area (Å²) in [5.74, 6) is 0. The molecule has 0 bridgehead atoms. The van der Waals surface area contributed by atoms with Crippen molar-refractivity contribution in [1.29, 1.82) is 0 Å². The first-order valence-electron chi connectivity index (χ1n) is 3.53. The average molecular weight is 224 g/mol. The molecule has 0 radical (unpaired) electrons. The van der Waals surface area contributed by atoms with Crippen LogP contribution in [0.2, 0.25) is 0 Å². The van der Waals surface area contributed by atoms with E-state index in [1.165, 1.54) is 7.05 Å². The molecule has 0 aromatic carbocycles. The Hall–Kier alpha value is -0.590. The number of rotatable bonds is 3. The minimum atomic E-state index is -3.62. The summed E-state index contributed by atoms with van der Waals surface area (Å²) in [5.41, 5.74) is 0.800. The number of aryl methyl sites for hydroxylation is 1. The van der Waals surface area contributed by atoms with E-state index in [9.17, 15) is 8.42 Å². The van der Waals surface area contributed by atoms with Crippen molar-refractivity contribution in [2.24, 2.45) is 7.05 Å². The van der Waals surface area contributed by atoms with Crippen molar-refractivity contribution in [3.8, 4) is 0 Å². The third-order valence-corrected chi connectivity index (χ3v) is 3.12. The SMILES string of the molecule is CN(Cc1cnn(C)c1)S(=O)(=O)Cl. The second-order valence-electron chi connectivity index (χ2n) is 2.72. The van der Waals surface area contributed by atoms with Gasteiger partial charge in [0.2, 0.25) is 0 Å². The van der Waals surface area contributed by atoms with Gasteiger partial charge < -0.3 is 0 Å². The molecule has 0 saturated heterocycles. The molecule has 0 amide bonds. The Morgan fingerprint density at radius 1 is 1.69 bits per heavy atom. The molecule has 0 unspecified atom stereocenters. The Morgan fingerprint density at radius 2 is 2.31 bits per heavy atom. The average Bonchev–Trinajstić information content (AvgIpc) is 2.33. The summed E-state index contributed by atoms with van der Waals surface area (Å²) in [6.45, 7) is 0.236. The molecule has 0 aliphatic rings. The minimum absolute atomic E-state index is 0.236. The van der Waals surface area contributed by atoms with Crippen LogP contribution < -0.4 is 0 Å². The Bertz CT molecular complexity index is 386. The van der Waals surface area contributed by atoms with Crippen LogP contribution in [0.15, 0.2) is 12.4 Å². The maximum absolute atomic E-state index is 10.8. The molecule has 5 nitrogen and oxygen atoms in total. The van der Waals surface area contributed by atoms with E-state index in [0.29, 0.717) is 0 Å². The molecule has 7 heteroatoms. The molecular formula is C6H10ClN3O2S. The molecule has 74 valence electrons. The fourth-order valence-electron chi connectivity index (χ4n) is 0.888. The fourth-order valence-corrected chi connectivity index (χ4v) is 1.34. The van der Waals surface area contributed by atoms with E-state index in [-0.39, 0.29) is 6.54 Å². The van der Waals surface area contributed by atoms with Crippen molar-refractivity contribution in [2.75, 3.05) is 7.05 Å². The Morgan fingerprint density at radius 3 is 2.69 bits per heavy atom. The van der Waals surface area contributed by atoms with E-state index in [1.807, 2.05) is 0 Å². The van der Waals surface area contributed by atoms with Crippen LogP contribution in [0, 0.1) is 0 Å². The van der Waals surface area contributed by atoms with Crippen LogP contribution in [0.1, 0.15) is 5.56 Å². The molecule has 0 spiro atoms. The van der Waals surface area contributed by atoms with E-state index < -0.39 is 9.24 Å². The zero-order valence-electron chi connectivity index (χ0n) is 7.31. The predicted molar refractivity (Wildman–Crippen MR) is 49.4 cm³/mol. The summed E-state index contributed by atoms with van der Waals surface area (Å²) in [4.78, 5) is 0. The van der Waals surface area contributed by atoms with Gasteiger partial charge in [0, 0.05) is 43.1 Å². The van der Waals surface area contributed by atoms with Crippen molar-refractivity contribution < 1.29 is 8.42 Å². The molecule has 0 aliphatic carbocycles. The number of nitrogens with zero attached hydrogens (tertiary/aromatic N) is 3. The van der Waals surface area contributed by atoms with Gasteiger partial charge >= 0.3 is 0 Å². The number of aromatic nitrogens is 2. The lowest BCUT2D eigenvalue weighted by Crippen LogP contribution is -2.21. The highest BCUT2D eigenvalue weighted by Gasteiger charge is 2.14. The van der Waals surface area contributed by atoms with Gasteiger partial charge in [0.15, 0.2) is 0 Å². The minimum Gasteiger partial charge on any atom is -0.275 e. The number of halogens is 1. The monoisotopic (exact) mass is 223 g/mol. The molecule has 0 aliphatic heterocycles. The zero-order valence-corrected chi connectivity index (χ0v) is 8.88. The van der Waals surface area contributed by atoms with Crippen LogP contribution in [0.5, 0.6) is 0 Å². The van der Waals surface area contributed by atoms with Crippen molar-refractivity contribution in [3.05, 3.63) is 18.0 Å². The van der Waals surface area contributed by atoms with Crippen molar-refractivity contribution >= 4 is 19.9 Å². The maximum Gasteiger partial charge on any atom is 0.299 e. The summed E-state index contributed by atoms with van der Waals surface area (Å²) >= 11 is 0. The van der Waals surface area contributed by atoms with E-state index in [0.717, 1.165) is 9.87 Å². The van der Waals surface area contributed by atoms with Crippen molar-refractivity contribution in [3.63, 3.8) is 0 Å². The molecule has 1 aromatic heterocycles. The van der Waals surface area contributed by atoms with Gasteiger partial charge in [-0.1, -0.05) is 0 Å². The third-order valence-electron chi connectivity index (χ3n) is 1.54. The van der Waals surface area contributed by atoms with E-state index in [2.05, 4.69) is 5.10 Å². The molecule has 0 fully saturated rings. The summed E-state index contributed by atoms with van der Waals surface area (Å²) in [6.07, 6.45) is 3.33. The first-order valence-corrected chi connectivity index (χ1v) is 5.79. The molecule has 1 rings (SSSR count). The smallest absolute Gasteiger partial charge is 0.275 e. The van der Waals surface area contributed by atoms with Gasteiger partial charge in [0.1, 0.15) is 0 Å². The standard InChI is InChI=1S/C6H10ClN3O2S/c1-9-4-6(3-8-9)5-10(2)13(7,11)12/h3-4H,5H2,1-2H3. The lowest BCUT2D eigenvalue weighted by Gasteiger charge is -2.09. The summed E-state index contributed by atoms with van der Waals surface area (Å²) in [6, 6.07) is 0. The molecule has 1 aromatic rings. The van der Waals surface area contributed by atoms with E-state index in [4.69, 9.17) is 10.7 Å². The Labute approximate surface area is 81.5 Å². The second kappa shape index (κ2) is 3.65. The van der Waals surface area contributed by atoms with E-state index in [1.54, 1.807) is 24.1 Å². The van der Waals surface area contributed by atoms with Gasteiger partial charge in [-0.25, -0.2) is 0 Å². The van der Waals surface area contributed by atoms with Gasteiger partial charge in [0.05, 0.1) is 6.20 Å². The molecule has 13 heavy (non-hydrogen) atoms. The van der Waals surface area contributed by atoms with Crippen molar-refractivity contribution in [1.82, 2.24) is 14.1 Å². The first kappa shape index (κ1) is 10.5. The summed E-state index contributed by atoms with van der Waals surface area (Å²) in [7, 11) is 4.66. The second-order valence-corrected chi connectivity index (χ2v) is 5.34. The van der Waals surface area contributed by atoms with E-state index >= 15 is 0 Å². The topological polar surface area (TPSA) is 55.2 Å². The summed E-state index contributed by atoms with van der Waals surface area (Å²) in [5, 5.41) is 3.90. The zero-order chi connectivity index (χ0) is 10.1. The quantitative estimate of drug-likeness (QED) is 0.695. The third kappa shape index (κ3) is 2.98. The summed E-state index contributed by atoms with van der Waals surface area (Å²) < 4.78 is 24.3. The Balaban J connectivity index is 2.71. The van der Waals surface area contributed by atoms with Crippen molar-refractivity contribution in [2.45, 2.75) is 6.54 Å². The van der Waals surface area contributed by atoms with Crippen LogP contribution in [0.25, 0.3) is 0 Å². The molecule has 0 saturated carbocycles. The molecule has 1 heterocycles. The fraction of sp³-hybridized carbons (Fsp3) is 0.500. The van der Waals surface area contributed by atoms with Gasteiger partial charge in [-0.2, -0.15) is 17.8 Å². The molecular weight excluding hydrogens is 214 g/mol. The van der Waals surface area contributed by atoms with Crippen LogP contribution in [-0.4, -0.2) is 29.6 Å². The van der Waals surface area contributed by atoms with Gasteiger partial charge in [-0.05, 0) is 0 Å². The molecule has 0 N–H and O–H groups in total. The number of hydrogen-bond donors (Lipinski definition) is 0. The van der Waals surface area contributed by atoms with Gasteiger partial charge in [0.25, 0.3) is 9.24 Å². The maximum atomic E-state index is 10.8. The van der Waals surface area contributed by atoms with Gasteiger partial charge in [-0.3, -0.25) is 4.68 Å². The van der Waals surface area contributed by atoms with Crippen LogP contribution in [0.3, 0.4) is 0 Å². The highest BCUT2D eigenvalue weighted by Crippen LogP contribution is 2.08. The van der Waals surface area contributed by atoms with Crippen LogP contribution in [0.4, 0.5) is 0 Å². The first-order chi connectivity index (χ1) is 5.89. The Kier molecular flexibility index (Phi) is 2.94. The lowest BCUT2D eigenvalue weighted by atomic mass is 10.4. The largest absolute Gasteiger partial charge is 0.299 e. The molecule has 0 atom stereocenters. The highest BCUT2D eigenvalue weighted by molar-refractivity contribution is 8.11. The lowest BCUT2D eigenvalue weighted by molar-refractivity contribution is 0.480.